The first kappa shape index (κ1) is 23.0. The van der Waals surface area contributed by atoms with Gasteiger partial charge in [-0.2, -0.15) is 0 Å². The van der Waals surface area contributed by atoms with Crippen LogP contribution in [0.5, 0.6) is 0 Å². The van der Waals surface area contributed by atoms with Crippen LogP contribution in [0, 0.1) is 5.92 Å². The zero-order valence-electron chi connectivity index (χ0n) is 21.3. The van der Waals surface area contributed by atoms with Gasteiger partial charge in [0.1, 0.15) is 0 Å². The topological polar surface area (TPSA) is 16.1 Å². The Kier molecular flexibility index (Phi) is 6.16. The van der Waals surface area contributed by atoms with E-state index >= 15 is 0 Å². The number of nitrogens with zero attached hydrogens (tertiary/aromatic N) is 2. The number of hydrogen-bond donors (Lipinski definition) is 0. The van der Waals surface area contributed by atoms with Crippen molar-refractivity contribution in [3.63, 3.8) is 0 Å². The molecule has 0 spiro atoms. The van der Waals surface area contributed by atoms with Crippen molar-refractivity contribution in [2.45, 2.75) is 20.3 Å². The lowest BCUT2D eigenvalue weighted by molar-refractivity contribution is 0.647. The molecular formula is C35H30N2. The standard InChI is InChI=1S/C35H30N2/c1-25(2)21-26-22-28(35-34-18-17-27-11-9-10-16-32(27)33(34)19-20-36-35)24-31(23-26)37(29-12-5-3-6-13-29)30-14-7-4-8-15-30/h3-20,22-25H,21H2,1-2H3. The highest BCUT2D eigenvalue weighted by Gasteiger charge is 2.16. The van der Waals surface area contributed by atoms with E-state index in [4.69, 9.17) is 4.98 Å². The van der Waals surface area contributed by atoms with Crippen molar-refractivity contribution in [3.05, 3.63) is 133 Å². The van der Waals surface area contributed by atoms with Gasteiger partial charge < -0.3 is 4.90 Å². The number of rotatable bonds is 6. The first-order chi connectivity index (χ1) is 18.2. The molecule has 0 bridgehead atoms. The van der Waals surface area contributed by atoms with Crippen molar-refractivity contribution in [1.82, 2.24) is 4.98 Å². The summed E-state index contributed by atoms with van der Waals surface area (Å²) in [5, 5.41) is 4.93. The van der Waals surface area contributed by atoms with Gasteiger partial charge >= 0.3 is 0 Å². The average molecular weight is 479 g/mol. The number of aromatic nitrogens is 1. The lowest BCUT2D eigenvalue weighted by atomic mass is 9.95. The van der Waals surface area contributed by atoms with Gasteiger partial charge in [0.25, 0.3) is 0 Å². The van der Waals surface area contributed by atoms with Gasteiger partial charge in [0, 0.05) is 34.2 Å². The van der Waals surface area contributed by atoms with Gasteiger partial charge in [0.05, 0.1) is 5.69 Å². The summed E-state index contributed by atoms with van der Waals surface area (Å²) < 4.78 is 0. The third-order valence-corrected chi connectivity index (χ3v) is 6.85. The molecule has 37 heavy (non-hydrogen) atoms. The Morgan fingerprint density at radius 2 is 1.27 bits per heavy atom. The number of fused-ring (bicyclic) bond motifs is 3. The Balaban J connectivity index is 1.59. The molecule has 0 saturated heterocycles. The van der Waals surface area contributed by atoms with Crippen LogP contribution in [0.3, 0.4) is 0 Å². The summed E-state index contributed by atoms with van der Waals surface area (Å²) >= 11 is 0. The summed E-state index contributed by atoms with van der Waals surface area (Å²) in [4.78, 5) is 7.27. The van der Waals surface area contributed by atoms with Crippen LogP contribution in [0.25, 0.3) is 32.8 Å². The zero-order chi connectivity index (χ0) is 25.2. The van der Waals surface area contributed by atoms with Gasteiger partial charge in [-0.3, -0.25) is 4.98 Å². The van der Waals surface area contributed by atoms with Gasteiger partial charge in [-0.25, -0.2) is 0 Å². The largest absolute Gasteiger partial charge is 0.310 e. The van der Waals surface area contributed by atoms with Crippen molar-refractivity contribution < 1.29 is 0 Å². The van der Waals surface area contributed by atoms with Gasteiger partial charge in [-0.05, 0) is 82.6 Å². The van der Waals surface area contributed by atoms with E-state index in [9.17, 15) is 0 Å². The van der Waals surface area contributed by atoms with Crippen LogP contribution in [0.2, 0.25) is 0 Å². The van der Waals surface area contributed by atoms with Crippen LogP contribution in [-0.4, -0.2) is 4.98 Å². The number of hydrogen-bond acceptors (Lipinski definition) is 2. The molecule has 1 aromatic heterocycles. The minimum atomic E-state index is 0.550. The van der Waals surface area contributed by atoms with E-state index in [0.29, 0.717) is 5.92 Å². The molecule has 2 heteroatoms. The highest BCUT2D eigenvalue weighted by atomic mass is 15.1. The number of benzene rings is 5. The molecule has 180 valence electrons. The molecule has 0 aliphatic rings. The fourth-order valence-electron chi connectivity index (χ4n) is 5.30. The number of para-hydroxylation sites is 2. The molecule has 0 fully saturated rings. The summed E-state index contributed by atoms with van der Waals surface area (Å²) in [7, 11) is 0. The molecule has 0 N–H and O–H groups in total. The summed E-state index contributed by atoms with van der Waals surface area (Å²) in [5.41, 5.74) is 6.91. The molecule has 2 nitrogen and oxygen atoms in total. The van der Waals surface area contributed by atoms with E-state index in [-0.39, 0.29) is 0 Å². The molecule has 1 heterocycles. The molecule has 6 rings (SSSR count). The van der Waals surface area contributed by atoms with Crippen LogP contribution in [-0.2, 0) is 6.42 Å². The van der Waals surface area contributed by atoms with Crippen molar-refractivity contribution >= 4 is 38.6 Å². The summed E-state index contributed by atoms with van der Waals surface area (Å²) in [5.74, 6) is 0.550. The zero-order valence-corrected chi connectivity index (χ0v) is 21.3. The summed E-state index contributed by atoms with van der Waals surface area (Å²) in [6.45, 7) is 4.56. The quantitative estimate of drug-likeness (QED) is 0.221. The molecule has 0 aliphatic carbocycles. The summed E-state index contributed by atoms with van der Waals surface area (Å²) in [6.07, 6.45) is 2.96. The highest BCUT2D eigenvalue weighted by Crippen LogP contribution is 2.39. The van der Waals surface area contributed by atoms with E-state index < -0.39 is 0 Å². The Hall–Kier alpha value is -4.43. The second-order valence-electron chi connectivity index (χ2n) is 10.0. The molecule has 0 aliphatic heterocycles. The molecule has 0 saturated carbocycles. The lowest BCUT2D eigenvalue weighted by Crippen LogP contribution is -2.10. The minimum Gasteiger partial charge on any atom is -0.310 e. The third-order valence-electron chi connectivity index (χ3n) is 6.85. The van der Waals surface area contributed by atoms with Crippen molar-refractivity contribution in [1.29, 1.82) is 0 Å². The second kappa shape index (κ2) is 9.91. The van der Waals surface area contributed by atoms with Crippen LogP contribution in [0.1, 0.15) is 19.4 Å². The first-order valence-corrected chi connectivity index (χ1v) is 13.0. The maximum absolute atomic E-state index is 4.93. The maximum Gasteiger partial charge on any atom is 0.0781 e. The summed E-state index contributed by atoms with van der Waals surface area (Å²) in [6, 6.07) is 43.3. The fourth-order valence-corrected chi connectivity index (χ4v) is 5.30. The monoisotopic (exact) mass is 478 g/mol. The molecule has 0 unspecified atom stereocenters. The Morgan fingerprint density at radius 1 is 0.595 bits per heavy atom. The van der Waals surface area contributed by atoms with E-state index in [1.807, 2.05) is 6.20 Å². The van der Waals surface area contributed by atoms with Crippen LogP contribution in [0.15, 0.2) is 128 Å². The first-order valence-electron chi connectivity index (χ1n) is 13.0. The smallest absolute Gasteiger partial charge is 0.0781 e. The van der Waals surface area contributed by atoms with Crippen molar-refractivity contribution in [3.8, 4) is 11.3 Å². The average Bonchev–Trinajstić information content (AvgIpc) is 2.93. The van der Waals surface area contributed by atoms with Crippen molar-refractivity contribution in [2.75, 3.05) is 4.90 Å². The van der Waals surface area contributed by atoms with Crippen LogP contribution < -0.4 is 4.90 Å². The third kappa shape index (κ3) is 4.59. The van der Waals surface area contributed by atoms with Gasteiger partial charge in [0.15, 0.2) is 0 Å². The SMILES string of the molecule is CC(C)Cc1cc(-c2nccc3c2ccc2ccccc23)cc(N(c2ccccc2)c2ccccc2)c1. The van der Waals surface area contributed by atoms with E-state index in [2.05, 4.69) is 140 Å². The van der Waals surface area contributed by atoms with Crippen LogP contribution >= 0.6 is 0 Å². The second-order valence-corrected chi connectivity index (χ2v) is 10.0. The van der Waals surface area contributed by atoms with E-state index in [0.717, 1.165) is 34.7 Å². The minimum absolute atomic E-state index is 0.550. The van der Waals surface area contributed by atoms with E-state index in [1.54, 1.807) is 0 Å². The number of pyridine rings is 1. The Bertz CT molecular complexity index is 1630. The lowest BCUT2D eigenvalue weighted by Gasteiger charge is -2.27. The van der Waals surface area contributed by atoms with Gasteiger partial charge in [0.2, 0.25) is 0 Å². The predicted octanol–water partition coefficient (Wildman–Crippen LogP) is 9.72. The highest BCUT2D eigenvalue weighted by molar-refractivity contribution is 6.11. The fraction of sp³-hybridized carbons (Fsp3) is 0.114. The predicted molar refractivity (Wildman–Crippen MR) is 158 cm³/mol. The molecule has 5 aromatic carbocycles. The normalized spacial score (nSPS) is 11.3. The molecular weight excluding hydrogens is 448 g/mol. The molecule has 0 atom stereocenters. The van der Waals surface area contributed by atoms with Gasteiger partial charge in [-0.1, -0.05) is 86.6 Å². The Labute approximate surface area is 218 Å². The Morgan fingerprint density at radius 3 is 1.97 bits per heavy atom. The number of anilines is 3. The van der Waals surface area contributed by atoms with Crippen LogP contribution in [0.4, 0.5) is 17.1 Å². The van der Waals surface area contributed by atoms with Gasteiger partial charge in [-0.15, -0.1) is 0 Å². The van der Waals surface area contributed by atoms with E-state index in [1.165, 1.54) is 27.1 Å². The maximum atomic E-state index is 4.93. The van der Waals surface area contributed by atoms with Crippen molar-refractivity contribution in [2.24, 2.45) is 5.92 Å². The molecule has 0 amide bonds. The molecule has 6 aromatic rings. The molecule has 0 radical (unpaired) electrons.